The minimum absolute atomic E-state index is 0.155. The molecule has 2 N–H and O–H groups in total. The molecule has 4 heteroatoms. The molecule has 0 aliphatic heterocycles. The van der Waals surface area contributed by atoms with Gasteiger partial charge in [-0.05, 0) is 25.0 Å². The zero-order chi connectivity index (χ0) is 12.6. The van der Waals surface area contributed by atoms with E-state index in [0.29, 0.717) is 12.6 Å². The van der Waals surface area contributed by atoms with Gasteiger partial charge >= 0.3 is 0 Å². The summed E-state index contributed by atoms with van der Waals surface area (Å²) in [7, 11) is 1.97. The fourth-order valence-electron chi connectivity index (χ4n) is 2.68. The first-order chi connectivity index (χ1) is 8.68. The molecule has 4 nitrogen and oxygen atoms in total. The van der Waals surface area contributed by atoms with E-state index in [-0.39, 0.29) is 5.54 Å². The lowest BCUT2D eigenvalue weighted by molar-refractivity contribution is 0.202. The number of rotatable bonds is 3. The molecular weight excluding hydrogens is 226 g/mol. The van der Waals surface area contributed by atoms with E-state index in [1.807, 2.05) is 35.9 Å². The molecule has 0 radical (unpaired) electrons. The van der Waals surface area contributed by atoms with Crippen LogP contribution in [0.2, 0.25) is 0 Å². The van der Waals surface area contributed by atoms with Gasteiger partial charge in [-0.25, -0.2) is 0 Å². The normalized spacial score (nSPS) is 18.3. The number of nitrogens with zero attached hydrogens (tertiary/aromatic N) is 2. The number of ether oxygens (including phenoxy) is 1. The molecule has 0 spiro atoms. The topological polar surface area (TPSA) is 53.1 Å². The molecule has 0 unspecified atom stereocenters. The van der Waals surface area contributed by atoms with Crippen LogP contribution in [0, 0.1) is 0 Å². The number of fused-ring (bicyclic) bond motifs is 1. The van der Waals surface area contributed by atoms with Crippen LogP contribution < -0.4 is 10.5 Å². The second-order valence-corrected chi connectivity index (χ2v) is 5.30. The number of para-hydroxylation sites is 2. The summed E-state index contributed by atoms with van der Waals surface area (Å²) in [6, 6.07) is 8.70. The van der Waals surface area contributed by atoms with Crippen molar-refractivity contribution >= 4 is 11.0 Å². The van der Waals surface area contributed by atoms with Crippen LogP contribution in [0.4, 0.5) is 0 Å². The molecule has 1 saturated carbocycles. The van der Waals surface area contributed by atoms with Crippen molar-refractivity contribution in [2.24, 2.45) is 12.8 Å². The maximum atomic E-state index is 6.29. The van der Waals surface area contributed by atoms with Gasteiger partial charge in [0.1, 0.15) is 6.61 Å². The van der Waals surface area contributed by atoms with Crippen LogP contribution in [-0.4, -0.2) is 21.7 Å². The maximum Gasteiger partial charge on any atom is 0.297 e. The van der Waals surface area contributed by atoms with Gasteiger partial charge in [0.2, 0.25) is 0 Å². The largest absolute Gasteiger partial charge is 0.463 e. The molecule has 1 aromatic heterocycles. The summed E-state index contributed by atoms with van der Waals surface area (Å²) in [5, 5.41) is 0. The van der Waals surface area contributed by atoms with Gasteiger partial charge in [0, 0.05) is 7.05 Å². The van der Waals surface area contributed by atoms with Gasteiger partial charge in [-0.2, -0.15) is 4.98 Å². The van der Waals surface area contributed by atoms with Crippen molar-refractivity contribution < 1.29 is 4.74 Å². The van der Waals surface area contributed by atoms with Crippen LogP contribution in [0.25, 0.3) is 11.0 Å². The van der Waals surface area contributed by atoms with Crippen molar-refractivity contribution in [1.29, 1.82) is 0 Å². The van der Waals surface area contributed by atoms with Gasteiger partial charge in [0.15, 0.2) is 0 Å². The summed E-state index contributed by atoms with van der Waals surface area (Å²) in [5.74, 6) is 0. The molecule has 0 bridgehead atoms. The molecule has 1 aromatic carbocycles. The third-order valence-corrected chi connectivity index (χ3v) is 3.83. The average Bonchev–Trinajstić information content (AvgIpc) is 2.93. The van der Waals surface area contributed by atoms with Crippen molar-refractivity contribution in [3.8, 4) is 6.01 Å². The number of aromatic nitrogens is 2. The lowest BCUT2D eigenvalue weighted by Crippen LogP contribution is -2.42. The Labute approximate surface area is 107 Å². The lowest BCUT2D eigenvalue weighted by Gasteiger charge is -2.22. The SMILES string of the molecule is Cn1c(OCC2(N)CCCC2)nc2ccccc21. The highest BCUT2D eigenvalue weighted by atomic mass is 16.5. The van der Waals surface area contributed by atoms with Gasteiger partial charge in [-0.3, -0.25) is 4.57 Å². The Balaban J connectivity index is 1.80. The van der Waals surface area contributed by atoms with Crippen molar-refractivity contribution in [3.05, 3.63) is 24.3 Å². The molecule has 1 aliphatic carbocycles. The molecule has 0 amide bonds. The molecule has 1 fully saturated rings. The third kappa shape index (κ3) is 1.97. The van der Waals surface area contributed by atoms with Crippen LogP contribution in [0.15, 0.2) is 24.3 Å². The van der Waals surface area contributed by atoms with Gasteiger partial charge in [-0.15, -0.1) is 0 Å². The molecule has 3 rings (SSSR count). The number of hydrogen-bond donors (Lipinski definition) is 1. The number of hydrogen-bond acceptors (Lipinski definition) is 3. The van der Waals surface area contributed by atoms with E-state index in [0.717, 1.165) is 23.9 Å². The molecule has 0 atom stereocenters. The number of nitrogens with two attached hydrogens (primary N) is 1. The van der Waals surface area contributed by atoms with Crippen LogP contribution >= 0.6 is 0 Å². The first-order valence-corrected chi connectivity index (χ1v) is 6.51. The third-order valence-electron chi connectivity index (χ3n) is 3.83. The summed E-state index contributed by atoms with van der Waals surface area (Å²) in [5.41, 5.74) is 8.19. The Morgan fingerprint density at radius 2 is 2.06 bits per heavy atom. The molecule has 18 heavy (non-hydrogen) atoms. The monoisotopic (exact) mass is 245 g/mol. The van der Waals surface area contributed by atoms with Crippen molar-refractivity contribution in [1.82, 2.24) is 9.55 Å². The van der Waals surface area contributed by atoms with Crippen molar-refractivity contribution in [2.45, 2.75) is 31.2 Å². The van der Waals surface area contributed by atoms with Crippen molar-refractivity contribution in [3.63, 3.8) is 0 Å². The minimum atomic E-state index is -0.155. The summed E-state index contributed by atoms with van der Waals surface area (Å²) in [6.45, 7) is 0.560. The fourth-order valence-corrected chi connectivity index (χ4v) is 2.68. The summed E-state index contributed by atoms with van der Waals surface area (Å²) < 4.78 is 7.82. The zero-order valence-electron chi connectivity index (χ0n) is 10.7. The predicted octanol–water partition coefficient (Wildman–Crippen LogP) is 2.22. The fraction of sp³-hybridized carbons (Fsp3) is 0.500. The summed E-state index contributed by atoms with van der Waals surface area (Å²) in [6.07, 6.45) is 4.53. The zero-order valence-corrected chi connectivity index (χ0v) is 10.7. The van der Waals surface area contributed by atoms with E-state index in [1.165, 1.54) is 12.8 Å². The van der Waals surface area contributed by atoms with E-state index in [1.54, 1.807) is 0 Å². The lowest BCUT2D eigenvalue weighted by atomic mass is 10.0. The smallest absolute Gasteiger partial charge is 0.297 e. The van der Waals surface area contributed by atoms with Gasteiger partial charge < -0.3 is 10.5 Å². The van der Waals surface area contributed by atoms with Gasteiger partial charge in [-0.1, -0.05) is 25.0 Å². The molecule has 1 aliphatic rings. The second kappa shape index (κ2) is 4.28. The Bertz CT molecular complexity index is 555. The molecule has 1 heterocycles. The van der Waals surface area contributed by atoms with E-state index in [2.05, 4.69) is 4.98 Å². The highest BCUT2D eigenvalue weighted by Gasteiger charge is 2.30. The van der Waals surface area contributed by atoms with E-state index >= 15 is 0 Å². The Morgan fingerprint density at radius 3 is 2.78 bits per heavy atom. The van der Waals surface area contributed by atoms with Crippen LogP contribution in [-0.2, 0) is 7.05 Å². The predicted molar refractivity (Wildman–Crippen MR) is 71.6 cm³/mol. The van der Waals surface area contributed by atoms with E-state index in [9.17, 15) is 0 Å². The standard InChI is InChI=1S/C14H19N3O/c1-17-12-7-3-2-6-11(12)16-13(17)18-10-14(15)8-4-5-9-14/h2-3,6-7H,4-5,8-10,15H2,1H3. The first kappa shape index (κ1) is 11.5. The highest BCUT2D eigenvalue weighted by Crippen LogP contribution is 2.28. The average molecular weight is 245 g/mol. The minimum Gasteiger partial charge on any atom is -0.463 e. The Kier molecular flexibility index (Phi) is 2.74. The Hall–Kier alpha value is -1.55. The number of benzene rings is 1. The maximum absolute atomic E-state index is 6.29. The second-order valence-electron chi connectivity index (χ2n) is 5.30. The number of aryl methyl sites for hydroxylation is 1. The highest BCUT2D eigenvalue weighted by molar-refractivity contribution is 5.76. The van der Waals surface area contributed by atoms with Crippen LogP contribution in [0.1, 0.15) is 25.7 Å². The van der Waals surface area contributed by atoms with Crippen molar-refractivity contribution in [2.75, 3.05) is 6.61 Å². The Morgan fingerprint density at radius 1 is 1.33 bits per heavy atom. The summed E-state index contributed by atoms with van der Waals surface area (Å²) >= 11 is 0. The molecule has 0 saturated heterocycles. The summed E-state index contributed by atoms with van der Waals surface area (Å²) in [4.78, 5) is 4.49. The van der Waals surface area contributed by atoms with Crippen LogP contribution in [0.3, 0.4) is 0 Å². The quantitative estimate of drug-likeness (QED) is 0.902. The van der Waals surface area contributed by atoms with E-state index in [4.69, 9.17) is 10.5 Å². The molecular formula is C14H19N3O. The van der Waals surface area contributed by atoms with Gasteiger partial charge in [0.25, 0.3) is 6.01 Å². The van der Waals surface area contributed by atoms with Gasteiger partial charge in [0.05, 0.1) is 16.6 Å². The molecule has 2 aromatic rings. The first-order valence-electron chi connectivity index (χ1n) is 6.51. The molecule has 96 valence electrons. The van der Waals surface area contributed by atoms with E-state index < -0.39 is 0 Å². The van der Waals surface area contributed by atoms with Crippen LogP contribution in [0.5, 0.6) is 6.01 Å². The number of imidazole rings is 1.